The Bertz CT molecular complexity index is 82.3. The maximum atomic E-state index is 9.00. The van der Waals surface area contributed by atoms with Crippen molar-refractivity contribution in [1.82, 2.24) is 0 Å². The molecule has 0 amide bonds. The third kappa shape index (κ3) is 131. The summed E-state index contributed by atoms with van der Waals surface area (Å²) in [5, 5.41) is 21.2. The van der Waals surface area contributed by atoms with E-state index in [1.807, 2.05) is 0 Å². The fourth-order valence-electron chi connectivity index (χ4n) is 0. The molecule has 5 heteroatoms. The minimum absolute atomic E-state index is 0.833. The van der Waals surface area contributed by atoms with Gasteiger partial charge in [0.25, 0.3) is 5.97 Å². The lowest BCUT2D eigenvalue weighted by Crippen LogP contribution is -1.78. The van der Waals surface area contributed by atoms with Gasteiger partial charge in [0.05, 0.1) is 6.07 Å². The maximum Gasteiger partial charge on any atom is 0.300 e. The number of carboxylic acids is 1. The summed E-state index contributed by atoms with van der Waals surface area (Å²) in [6.45, 7) is 2.51. The topological polar surface area (TPSA) is 107 Å². The maximum absolute atomic E-state index is 9.00. The average Bonchev–Trinajstić information content (AvgIpc) is 1.71. The standard InChI is InChI=1S/C2H3N.C2H4O2.H3NO/c1-2-3;1-2(3)4;1-2/h1H3;1H3,(H,3,4);2H,1H2. The van der Waals surface area contributed by atoms with Gasteiger partial charge in [-0.25, -0.2) is 5.90 Å². The average molecular weight is 134 g/mol. The number of nitrogens with two attached hydrogens (primary N) is 1. The van der Waals surface area contributed by atoms with E-state index in [-0.39, 0.29) is 0 Å². The monoisotopic (exact) mass is 134 g/mol. The van der Waals surface area contributed by atoms with Crippen LogP contribution < -0.4 is 5.90 Å². The van der Waals surface area contributed by atoms with Crippen molar-refractivity contribution in [2.24, 2.45) is 5.90 Å². The smallest absolute Gasteiger partial charge is 0.300 e. The fourth-order valence-corrected chi connectivity index (χ4v) is 0. The molecule has 0 aromatic heterocycles. The fraction of sp³-hybridized carbons (Fsp3) is 0.500. The third-order valence-electron chi connectivity index (χ3n) is 0. The molecule has 0 rings (SSSR count). The lowest BCUT2D eigenvalue weighted by molar-refractivity contribution is -0.134. The zero-order valence-electron chi connectivity index (χ0n) is 5.33. The van der Waals surface area contributed by atoms with Crippen LogP contribution in [0.5, 0.6) is 0 Å². The highest BCUT2D eigenvalue weighted by molar-refractivity contribution is 5.62. The molecule has 0 aliphatic heterocycles. The summed E-state index contributed by atoms with van der Waals surface area (Å²) in [6, 6.07) is 1.75. The Morgan fingerprint density at radius 1 is 1.67 bits per heavy atom. The number of nitriles is 1. The first kappa shape index (κ1) is 15.7. The molecule has 0 fully saturated rings. The number of rotatable bonds is 0. The van der Waals surface area contributed by atoms with Gasteiger partial charge in [-0.2, -0.15) is 5.26 Å². The van der Waals surface area contributed by atoms with Crippen molar-refractivity contribution in [3.8, 4) is 6.07 Å². The highest BCUT2D eigenvalue weighted by atomic mass is 16.4. The van der Waals surface area contributed by atoms with Crippen molar-refractivity contribution >= 4 is 5.97 Å². The van der Waals surface area contributed by atoms with E-state index in [4.69, 9.17) is 20.4 Å². The van der Waals surface area contributed by atoms with Gasteiger partial charge in [-0.1, -0.05) is 0 Å². The summed E-state index contributed by atoms with van der Waals surface area (Å²) in [6.07, 6.45) is 0. The molecule has 9 heavy (non-hydrogen) atoms. The second-order valence-electron chi connectivity index (χ2n) is 0.743. The lowest BCUT2D eigenvalue weighted by atomic mass is 10.9. The van der Waals surface area contributed by atoms with Gasteiger partial charge in [0.15, 0.2) is 0 Å². The van der Waals surface area contributed by atoms with Gasteiger partial charge in [0.1, 0.15) is 0 Å². The van der Waals surface area contributed by atoms with Crippen LogP contribution in [0.15, 0.2) is 0 Å². The molecule has 0 bridgehead atoms. The van der Waals surface area contributed by atoms with Crippen molar-refractivity contribution < 1.29 is 15.1 Å². The second kappa shape index (κ2) is 28.7. The molecule has 0 unspecified atom stereocenters. The van der Waals surface area contributed by atoms with Crippen molar-refractivity contribution in [2.75, 3.05) is 0 Å². The Hall–Kier alpha value is -1.12. The summed E-state index contributed by atoms with van der Waals surface area (Å²) >= 11 is 0. The molecule has 5 nitrogen and oxygen atoms in total. The quantitative estimate of drug-likeness (QED) is 0.403. The Morgan fingerprint density at radius 3 is 1.67 bits per heavy atom. The highest BCUT2D eigenvalue weighted by Gasteiger charge is 1.65. The van der Waals surface area contributed by atoms with Crippen LogP contribution in [0.4, 0.5) is 0 Å². The van der Waals surface area contributed by atoms with Gasteiger partial charge in [-0.05, 0) is 0 Å². The SMILES string of the molecule is CC#N.CC(=O)O.NO. The molecule has 0 saturated heterocycles. The molecule has 0 saturated carbocycles. The van der Waals surface area contributed by atoms with E-state index in [1.54, 1.807) is 6.07 Å². The van der Waals surface area contributed by atoms with E-state index >= 15 is 0 Å². The van der Waals surface area contributed by atoms with Gasteiger partial charge in [-0.3, -0.25) is 4.79 Å². The number of nitrogens with zero attached hydrogens (tertiary/aromatic N) is 1. The van der Waals surface area contributed by atoms with Crippen LogP contribution in [-0.4, -0.2) is 16.3 Å². The summed E-state index contributed by atoms with van der Waals surface area (Å²) in [4.78, 5) is 9.00. The van der Waals surface area contributed by atoms with E-state index in [0.29, 0.717) is 0 Å². The first-order valence-corrected chi connectivity index (χ1v) is 1.91. The van der Waals surface area contributed by atoms with Crippen LogP contribution in [-0.2, 0) is 4.79 Å². The van der Waals surface area contributed by atoms with Crippen LogP contribution in [0, 0.1) is 11.3 Å². The summed E-state index contributed by atoms with van der Waals surface area (Å²) in [7, 11) is 0. The van der Waals surface area contributed by atoms with Gasteiger partial charge >= 0.3 is 0 Å². The van der Waals surface area contributed by atoms with Crippen molar-refractivity contribution in [1.29, 1.82) is 5.26 Å². The molecular weight excluding hydrogens is 124 g/mol. The molecule has 0 heterocycles. The normalized spacial score (nSPS) is 4.33. The molecule has 0 atom stereocenters. The second-order valence-corrected chi connectivity index (χ2v) is 0.743. The Kier molecular flexibility index (Phi) is 49.9. The van der Waals surface area contributed by atoms with Gasteiger partial charge in [-0.15, -0.1) is 0 Å². The van der Waals surface area contributed by atoms with Crippen LogP contribution in [0.1, 0.15) is 13.8 Å². The van der Waals surface area contributed by atoms with E-state index in [0.717, 1.165) is 6.92 Å². The van der Waals surface area contributed by atoms with Gasteiger partial charge in [0.2, 0.25) is 0 Å². The molecule has 0 radical (unpaired) electrons. The molecule has 0 aliphatic carbocycles. The van der Waals surface area contributed by atoms with Crippen LogP contribution in [0.2, 0.25) is 0 Å². The zero-order chi connectivity index (χ0) is 8.28. The molecule has 4 N–H and O–H groups in total. The van der Waals surface area contributed by atoms with Crippen molar-refractivity contribution in [2.45, 2.75) is 13.8 Å². The van der Waals surface area contributed by atoms with Crippen molar-refractivity contribution in [3.05, 3.63) is 0 Å². The molecule has 0 aromatic carbocycles. The molecule has 0 aliphatic rings. The highest BCUT2D eigenvalue weighted by Crippen LogP contribution is 1.42. The zero-order valence-corrected chi connectivity index (χ0v) is 5.33. The first-order valence-electron chi connectivity index (χ1n) is 1.91. The Labute approximate surface area is 53.3 Å². The van der Waals surface area contributed by atoms with Gasteiger partial charge < -0.3 is 10.3 Å². The predicted molar refractivity (Wildman–Crippen MR) is 30.6 cm³/mol. The van der Waals surface area contributed by atoms with Crippen molar-refractivity contribution in [3.63, 3.8) is 0 Å². The van der Waals surface area contributed by atoms with Crippen LogP contribution >= 0.6 is 0 Å². The minimum Gasteiger partial charge on any atom is -0.481 e. The van der Waals surface area contributed by atoms with Crippen LogP contribution in [0.25, 0.3) is 0 Å². The third-order valence-corrected chi connectivity index (χ3v) is 0. The predicted octanol–water partition coefficient (Wildman–Crippen LogP) is -0.0449. The molecule has 0 spiro atoms. The molecule has 0 aromatic rings. The number of carbonyl (C=O) groups is 1. The summed E-state index contributed by atoms with van der Waals surface area (Å²) in [5.41, 5.74) is 0. The summed E-state index contributed by atoms with van der Waals surface area (Å²) < 4.78 is 0. The number of aliphatic carboxylic acids is 1. The number of hydrogen-bond acceptors (Lipinski definition) is 4. The van der Waals surface area contributed by atoms with Crippen LogP contribution in [0.3, 0.4) is 0 Å². The Balaban J connectivity index is -0.0000000646. The van der Waals surface area contributed by atoms with E-state index in [9.17, 15) is 0 Å². The molecule has 54 valence electrons. The minimum atomic E-state index is -0.833. The Morgan fingerprint density at radius 2 is 1.67 bits per heavy atom. The van der Waals surface area contributed by atoms with E-state index in [1.165, 1.54) is 6.92 Å². The lowest BCUT2D eigenvalue weighted by Gasteiger charge is -1.59. The largest absolute Gasteiger partial charge is 0.481 e. The van der Waals surface area contributed by atoms with E-state index in [2.05, 4.69) is 5.90 Å². The summed E-state index contributed by atoms with van der Waals surface area (Å²) in [5.74, 6) is 2.67. The number of carboxylic acid groups (broad SMARTS) is 1. The number of hydrogen-bond donors (Lipinski definition) is 3. The first-order chi connectivity index (χ1) is 4.15. The van der Waals surface area contributed by atoms with Gasteiger partial charge in [0, 0.05) is 13.8 Å². The van der Waals surface area contributed by atoms with E-state index < -0.39 is 5.97 Å². The molecular formula is C4H10N2O3.